The van der Waals surface area contributed by atoms with Crippen LogP contribution in [-0.4, -0.2) is 24.1 Å². The summed E-state index contributed by atoms with van der Waals surface area (Å²) >= 11 is 1.96. The zero-order valence-corrected chi connectivity index (χ0v) is 10.1. The fourth-order valence-corrected chi connectivity index (χ4v) is 4.10. The van der Waals surface area contributed by atoms with E-state index in [1.54, 1.807) is 0 Å². The first-order chi connectivity index (χ1) is 7.24. The highest BCUT2D eigenvalue weighted by Crippen LogP contribution is 2.43. The lowest BCUT2D eigenvalue weighted by atomic mass is 9.73. The van der Waals surface area contributed by atoms with Gasteiger partial charge in [0.25, 0.3) is 0 Å². The molecule has 0 radical (unpaired) electrons. The maximum Gasteiger partial charge on any atom is 0.309 e. The summed E-state index contributed by atoms with van der Waals surface area (Å²) in [6.07, 6.45) is 4.49. The summed E-state index contributed by atoms with van der Waals surface area (Å²) in [4.78, 5) is 11.9. The van der Waals surface area contributed by atoms with Crippen LogP contribution >= 0.6 is 11.8 Å². The molecule has 0 N–H and O–H groups in total. The molecule has 0 saturated carbocycles. The van der Waals surface area contributed by atoms with E-state index in [9.17, 15) is 4.79 Å². The molecule has 2 nitrogen and oxygen atoms in total. The van der Waals surface area contributed by atoms with Gasteiger partial charge in [0.1, 0.15) is 0 Å². The monoisotopic (exact) mass is 226 g/mol. The van der Waals surface area contributed by atoms with E-state index in [1.807, 2.05) is 18.7 Å². The maximum atomic E-state index is 11.9. The van der Waals surface area contributed by atoms with Crippen molar-refractivity contribution in [1.29, 1.82) is 0 Å². The quantitative estimate of drug-likeness (QED) is 0.534. The van der Waals surface area contributed by atoms with Gasteiger partial charge >= 0.3 is 5.97 Å². The van der Waals surface area contributed by atoms with Crippen LogP contribution in [0.25, 0.3) is 0 Å². The Morgan fingerprint density at radius 3 is 3.00 bits per heavy atom. The van der Waals surface area contributed by atoms with Gasteiger partial charge in [-0.3, -0.25) is 4.79 Å². The summed E-state index contributed by atoms with van der Waals surface area (Å²) < 4.78 is 5.18. The van der Waals surface area contributed by atoms with Crippen molar-refractivity contribution in [3.8, 4) is 0 Å². The molecule has 1 aliphatic heterocycles. The summed E-state index contributed by atoms with van der Waals surface area (Å²) in [7, 11) is 0. The zero-order valence-electron chi connectivity index (χ0n) is 9.31. The summed E-state index contributed by atoms with van der Waals surface area (Å²) in [6.45, 7) is 4.50. The molecule has 0 aromatic carbocycles. The van der Waals surface area contributed by atoms with Gasteiger partial charge in [-0.15, -0.1) is 0 Å². The number of esters is 1. The molecule has 0 bridgehead atoms. The van der Waals surface area contributed by atoms with Gasteiger partial charge < -0.3 is 4.74 Å². The van der Waals surface area contributed by atoms with E-state index in [4.69, 9.17) is 4.74 Å². The number of carbonyl (C=O) groups excluding carboxylic acids is 1. The SMILES string of the molecule is CCOC(=O)C1[C@H](C)C=C[C@@H]2CSC[C@@H]12. The molecule has 84 valence electrons. The van der Waals surface area contributed by atoms with Gasteiger partial charge in [-0.05, 0) is 36.2 Å². The van der Waals surface area contributed by atoms with Crippen LogP contribution < -0.4 is 0 Å². The molecule has 1 aliphatic carbocycles. The van der Waals surface area contributed by atoms with Crippen LogP contribution in [0.2, 0.25) is 0 Å². The van der Waals surface area contributed by atoms with Crippen molar-refractivity contribution < 1.29 is 9.53 Å². The van der Waals surface area contributed by atoms with E-state index in [1.165, 1.54) is 5.75 Å². The molecule has 0 amide bonds. The molecule has 0 aromatic heterocycles. The number of fused-ring (bicyclic) bond motifs is 1. The Morgan fingerprint density at radius 2 is 2.27 bits per heavy atom. The highest BCUT2D eigenvalue weighted by Gasteiger charge is 2.42. The summed E-state index contributed by atoms with van der Waals surface area (Å²) in [6, 6.07) is 0. The number of hydrogen-bond donors (Lipinski definition) is 0. The van der Waals surface area contributed by atoms with E-state index in [0.717, 1.165) is 5.75 Å². The molecule has 2 aliphatic rings. The van der Waals surface area contributed by atoms with E-state index >= 15 is 0 Å². The molecule has 4 atom stereocenters. The molecule has 1 fully saturated rings. The second kappa shape index (κ2) is 4.60. The first kappa shape index (κ1) is 11.1. The highest BCUT2D eigenvalue weighted by molar-refractivity contribution is 7.99. The molecule has 15 heavy (non-hydrogen) atoms. The number of carbonyl (C=O) groups is 1. The van der Waals surface area contributed by atoms with E-state index < -0.39 is 0 Å². The third kappa shape index (κ3) is 2.07. The van der Waals surface area contributed by atoms with Gasteiger partial charge in [0.15, 0.2) is 0 Å². The lowest BCUT2D eigenvalue weighted by Gasteiger charge is -2.32. The second-order valence-corrected chi connectivity index (χ2v) is 5.46. The predicted molar refractivity (Wildman–Crippen MR) is 62.7 cm³/mol. The minimum Gasteiger partial charge on any atom is -0.466 e. The van der Waals surface area contributed by atoms with Gasteiger partial charge in [-0.2, -0.15) is 11.8 Å². The predicted octanol–water partition coefficient (Wildman–Crippen LogP) is 2.35. The Bertz CT molecular complexity index is 275. The Kier molecular flexibility index (Phi) is 3.39. The van der Waals surface area contributed by atoms with Crippen LogP contribution in [0.15, 0.2) is 12.2 Å². The third-order valence-electron chi connectivity index (χ3n) is 3.42. The van der Waals surface area contributed by atoms with Gasteiger partial charge in [0, 0.05) is 0 Å². The maximum absolute atomic E-state index is 11.9. The van der Waals surface area contributed by atoms with Crippen LogP contribution in [0.3, 0.4) is 0 Å². The smallest absolute Gasteiger partial charge is 0.309 e. The van der Waals surface area contributed by atoms with E-state index in [0.29, 0.717) is 24.4 Å². The minimum absolute atomic E-state index is 0.00634. The number of hydrogen-bond acceptors (Lipinski definition) is 3. The molecular weight excluding hydrogens is 208 g/mol. The molecule has 3 heteroatoms. The van der Waals surface area contributed by atoms with Gasteiger partial charge in [-0.25, -0.2) is 0 Å². The third-order valence-corrected chi connectivity index (χ3v) is 4.66. The first-order valence-electron chi connectivity index (χ1n) is 5.66. The number of allylic oxidation sites excluding steroid dienone is 2. The van der Waals surface area contributed by atoms with E-state index in [2.05, 4.69) is 19.1 Å². The van der Waals surface area contributed by atoms with E-state index in [-0.39, 0.29) is 11.9 Å². The van der Waals surface area contributed by atoms with Crippen LogP contribution in [0, 0.1) is 23.7 Å². The van der Waals surface area contributed by atoms with Crippen LogP contribution in [0.5, 0.6) is 0 Å². The Labute approximate surface area is 95.5 Å². The first-order valence-corrected chi connectivity index (χ1v) is 6.82. The van der Waals surface area contributed by atoms with Crippen molar-refractivity contribution in [3.05, 3.63) is 12.2 Å². The van der Waals surface area contributed by atoms with Crippen LogP contribution in [0.4, 0.5) is 0 Å². The van der Waals surface area contributed by atoms with Crippen molar-refractivity contribution in [1.82, 2.24) is 0 Å². The van der Waals surface area contributed by atoms with Crippen molar-refractivity contribution in [2.24, 2.45) is 23.7 Å². The lowest BCUT2D eigenvalue weighted by Crippen LogP contribution is -2.36. The molecule has 1 saturated heterocycles. The Balaban J connectivity index is 2.14. The summed E-state index contributed by atoms with van der Waals surface area (Å²) in [5, 5.41) is 0. The Morgan fingerprint density at radius 1 is 1.47 bits per heavy atom. The van der Waals surface area contributed by atoms with Crippen molar-refractivity contribution in [3.63, 3.8) is 0 Å². The molecule has 1 heterocycles. The molecular formula is C12H18O2S. The summed E-state index contributed by atoms with van der Waals surface area (Å²) in [5.41, 5.74) is 0. The van der Waals surface area contributed by atoms with Crippen molar-refractivity contribution in [2.75, 3.05) is 18.1 Å². The molecule has 1 unspecified atom stereocenters. The number of thioether (sulfide) groups is 1. The Hall–Kier alpha value is -0.440. The average molecular weight is 226 g/mol. The average Bonchev–Trinajstić information content (AvgIpc) is 2.65. The molecule has 0 aromatic rings. The van der Waals surface area contributed by atoms with Gasteiger partial charge in [0.05, 0.1) is 12.5 Å². The van der Waals surface area contributed by atoms with Crippen LogP contribution in [0.1, 0.15) is 13.8 Å². The highest BCUT2D eigenvalue weighted by atomic mass is 32.2. The van der Waals surface area contributed by atoms with Crippen molar-refractivity contribution >= 4 is 17.7 Å². The minimum atomic E-state index is 0.00634. The normalized spacial score (nSPS) is 38.8. The van der Waals surface area contributed by atoms with Crippen molar-refractivity contribution in [2.45, 2.75) is 13.8 Å². The largest absolute Gasteiger partial charge is 0.466 e. The fraction of sp³-hybridized carbons (Fsp3) is 0.750. The molecule has 0 spiro atoms. The van der Waals surface area contributed by atoms with Crippen LogP contribution in [-0.2, 0) is 9.53 Å². The fourth-order valence-electron chi connectivity index (χ4n) is 2.61. The number of ether oxygens (including phenoxy) is 1. The van der Waals surface area contributed by atoms with Gasteiger partial charge in [0.2, 0.25) is 0 Å². The zero-order chi connectivity index (χ0) is 10.8. The second-order valence-electron chi connectivity index (χ2n) is 4.39. The number of rotatable bonds is 2. The standard InChI is InChI=1S/C12H18O2S/c1-3-14-12(13)11-8(2)4-5-9-6-15-7-10(9)11/h4-5,8-11H,3,6-7H2,1-2H3/t8-,9-,10-,11?/m1/s1. The topological polar surface area (TPSA) is 26.3 Å². The summed E-state index contributed by atoms with van der Waals surface area (Å²) in [5.74, 6) is 3.83. The lowest BCUT2D eigenvalue weighted by molar-refractivity contribution is -0.151. The molecule has 2 rings (SSSR count). The van der Waals surface area contributed by atoms with Gasteiger partial charge in [-0.1, -0.05) is 19.1 Å².